The maximum Gasteiger partial charge on any atom is 0.0556 e. The molecule has 0 atom stereocenters. The van der Waals surface area contributed by atoms with Gasteiger partial charge in [0.05, 0.1) is 11.2 Å². The zero-order valence-corrected chi connectivity index (χ0v) is 11.5. The normalized spacial score (nSPS) is 10.9. The average molecular weight is 270 g/mol. The summed E-state index contributed by atoms with van der Waals surface area (Å²) in [6, 6.07) is 25.2. The molecule has 2 heteroatoms. The minimum atomic E-state index is 1.12. The second kappa shape index (κ2) is 4.91. The van der Waals surface area contributed by atoms with Crippen molar-refractivity contribution in [2.45, 2.75) is 0 Å². The third kappa shape index (κ3) is 2.01. The second-order valence-electron chi connectivity index (χ2n) is 5.00. The SMILES string of the molecule is c1ccc(-n2c(-c3cccnc3)cc3ccccc32)cc1. The number of nitrogens with zero attached hydrogens (tertiary/aromatic N) is 2. The number of rotatable bonds is 2. The Balaban J connectivity index is 2.07. The lowest BCUT2D eigenvalue weighted by atomic mass is 10.2. The molecule has 0 radical (unpaired) electrons. The maximum absolute atomic E-state index is 4.25. The predicted octanol–water partition coefficient (Wildman–Crippen LogP) is 4.69. The Morgan fingerprint density at radius 3 is 2.38 bits per heavy atom. The van der Waals surface area contributed by atoms with Gasteiger partial charge in [-0.15, -0.1) is 0 Å². The molecule has 2 aromatic heterocycles. The van der Waals surface area contributed by atoms with E-state index in [0.29, 0.717) is 0 Å². The van der Waals surface area contributed by atoms with E-state index in [1.165, 1.54) is 10.9 Å². The Hall–Kier alpha value is -2.87. The topological polar surface area (TPSA) is 17.8 Å². The standard InChI is InChI=1S/C19H14N2/c1-2-9-17(10-3-1)21-18-11-5-4-7-15(18)13-19(21)16-8-6-12-20-14-16/h1-14H. The highest BCUT2D eigenvalue weighted by atomic mass is 15.0. The molecular weight excluding hydrogens is 256 g/mol. The fourth-order valence-electron chi connectivity index (χ4n) is 2.74. The summed E-state index contributed by atoms with van der Waals surface area (Å²) in [6.07, 6.45) is 3.71. The first kappa shape index (κ1) is 11.9. The number of aromatic nitrogens is 2. The first-order chi connectivity index (χ1) is 10.4. The second-order valence-corrected chi connectivity index (χ2v) is 5.00. The summed E-state index contributed by atoms with van der Waals surface area (Å²) in [5.41, 5.74) is 4.66. The van der Waals surface area contributed by atoms with Gasteiger partial charge in [0.15, 0.2) is 0 Å². The van der Waals surface area contributed by atoms with E-state index in [1.807, 2.05) is 18.3 Å². The lowest BCUT2D eigenvalue weighted by molar-refractivity contribution is 1.13. The molecule has 0 aliphatic rings. The van der Waals surface area contributed by atoms with E-state index in [0.717, 1.165) is 16.9 Å². The van der Waals surface area contributed by atoms with E-state index in [2.05, 4.69) is 70.2 Å². The number of hydrogen-bond acceptors (Lipinski definition) is 1. The highest BCUT2D eigenvalue weighted by Gasteiger charge is 2.11. The number of pyridine rings is 1. The highest BCUT2D eigenvalue weighted by molar-refractivity contribution is 5.89. The molecule has 0 saturated carbocycles. The summed E-state index contributed by atoms with van der Waals surface area (Å²) in [5, 5.41) is 1.24. The molecule has 0 aliphatic heterocycles. The molecule has 0 spiro atoms. The van der Waals surface area contributed by atoms with Gasteiger partial charge in [0.1, 0.15) is 0 Å². The van der Waals surface area contributed by atoms with Crippen molar-refractivity contribution in [1.29, 1.82) is 0 Å². The maximum atomic E-state index is 4.25. The molecule has 4 rings (SSSR count). The summed E-state index contributed by atoms with van der Waals surface area (Å²) in [5.74, 6) is 0. The number of para-hydroxylation sites is 2. The smallest absolute Gasteiger partial charge is 0.0556 e. The van der Waals surface area contributed by atoms with Crippen LogP contribution in [0.3, 0.4) is 0 Å². The van der Waals surface area contributed by atoms with Gasteiger partial charge >= 0.3 is 0 Å². The van der Waals surface area contributed by atoms with E-state index in [4.69, 9.17) is 0 Å². The van der Waals surface area contributed by atoms with Gasteiger partial charge in [0, 0.05) is 29.0 Å². The van der Waals surface area contributed by atoms with Gasteiger partial charge in [0.2, 0.25) is 0 Å². The minimum Gasteiger partial charge on any atom is -0.309 e. The fraction of sp³-hybridized carbons (Fsp3) is 0. The zero-order chi connectivity index (χ0) is 14.1. The Labute approximate surface area is 123 Å². The molecule has 0 fully saturated rings. The molecule has 0 N–H and O–H groups in total. The van der Waals surface area contributed by atoms with Crippen LogP contribution in [0, 0.1) is 0 Å². The molecule has 0 amide bonds. The number of hydrogen-bond donors (Lipinski definition) is 0. The molecule has 0 aliphatic carbocycles. The van der Waals surface area contributed by atoms with Crippen LogP contribution < -0.4 is 0 Å². The lowest BCUT2D eigenvalue weighted by Gasteiger charge is -2.10. The summed E-state index contributed by atoms with van der Waals surface area (Å²) in [7, 11) is 0. The molecule has 0 bridgehead atoms. The largest absolute Gasteiger partial charge is 0.309 e. The van der Waals surface area contributed by atoms with Crippen molar-refractivity contribution in [3.63, 3.8) is 0 Å². The van der Waals surface area contributed by atoms with E-state index >= 15 is 0 Å². The fourth-order valence-corrected chi connectivity index (χ4v) is 2.74. The van der Waals surface area contributed by atoms with Gasteiger partial charge in [0.25, 0.3) is 0 Å². The summed E-state index contributed by atoms with van der Waals surface area (Å²) in [6.45, 7) is 0. The van der Waals surface area contributed by atoms with Crippen molar-refractivity contribution in [3.8, 4) is 16.9 Å². The summed E-state index contributed by atoms with van der Waals surface area (Å²) >= 11 is 0. The van der Waals surface area contributed by atoms with E-state index < -0.39 is 0 Å². The van der Waals surface area contributed by atoms with Crippen LogP contribution in [0.25, 0.3) is 27.8 Å². The quantitative estimate of drug-likeness (QED) is 0.516. The van der Waals surface area contributed by atoms with Crippen molar-refractivity contribution in [2.24, 2.45) is 0 Å². The molecule has 21 heavy (non-hydrogen) atoms. The van der Waals surface area contributed by atoms with E-state index in [1.54, 1.807) is 6.20 Å². The third-order valence-electron chi connectivity index (χ3n) is 3.68. The van der Waals surface area contributed by atoms with Crippen LogP contribution in [-0.4, -0.2) is 9.55 Å². The van der Waals surface area contributed by atoms with Gasteiger partial charge in [-0.3, -0.25) is 4.98 Å². The van der Waals surface area contributed by atoms with Crippen LogP contribution in [0.15, 0.2) is 85.2 Å². The summed E-state index contributed by atoms with van der Waals surface area (Å²) in [4.78, 5) is 4.25. The molecule has 0 saturated heterocycles. The molecule has 2 nitrogen and oxygen atoms in total. The van der Waals surface area contributed by atoms with Gasteiger partial charge in [-0.2, -0.15) is 0 Å². The Morgan fingerprint density at radius 2 is 1.57 bits per heavy atom. The Kier molecular flexibility index (Phi) is 2.79. The molecule has 2 heterocycles. The monoisotopic (exact) mass is 270 g/mol. The molecular formula is C19H14N2. The Bertz CT molecular complexity index is 877. The van der Waals surface area contributed by atoms with Crippen LogP contribution in [0.1, 0.15) is 0 Å². The van der Waals surface area contributed by atoms with Crippen LogP contribution in [0.2, 0.25) is 0 Å². The molecule has 4 aromatic rings. The first-order valence-electron chi connectivity index (χ1n) is 7.00. The predicted molar refractivity (Wildman–Crippen MR) is 86.5 cm³/mol. The van der Waals surface area contributed by atoms with Crippen molar-refractivity contribution in [1.82, 2.24) is 9.55 Å². The number of benzene rings is 2. The summed E-state index contributed by atoms with van der Waals surface area (Å²) < 4.78 is 2.28. The van der Waals surface area contributed by atoms with Crippen LogP contribution in [0.4, 0.5) is 0 Å². The average Bonchev–Trinajstić information content (AvgIpc) is 2.96. The zero-order valence-electron chi connectivity index (χ0n) is 11.5. The first-order valence-corrected chi connectivity index (χ1v) is 7.00. The lowest BCUT2D eigenvalue weighted by Crippen LogP contribution is -1.96. The van der Waals surface area contributed by atoms with Crippen molar-refractivity contribution in [2.75, 3.05) is 0 Å². The molecule has 0 unspecified atom stereocenters. The highest BCUT2D eigenvalue weighted by Crippen LogP contribution is 2.30. The third-order valence-corrected chi connectivity index (χ3v) is 3.68. The van der Waals surface area contributed by atoms with Crippen LogP contribution >= 0.6 is 0 Å². The van der Waals surface area contributed by atoms with Gasteiger partial charge < -0.3 is 4.57 Å². The van der Waals surface area contributed by atoms with Crippen LogP contribution in [-0.2, 0) is 0 Å². The van der Waals surface area contributed by atoms with Gasteiger partial charge in [-0.25, -0.2) is 0 Å². The van der Waals surface area contributed by atoms with Crippen molar-refractivity contribution >= 4 is 10.9 Å². The van der Waals surface area contributed by atoms with Crippen molar-refractivity contribution in [3.05, 3.63) is 85.2 Å². The Morgan fingerprint density at radius 1 is 0.762 bits per heavy atom. The molecule has 100 valence electrons. The minimum absolute atomic E-state index is 1.12. The van der Waals surface area contributed by atoms with Gasteiger partial charge in [-0.05, 0) is 36.4 Å². The molecule has 2 aromatic carbocycles. The van der Waals surface area contributed by atoms with E-state index in [9.17, 15) is 0 Å². The van der Waals surface area contributed by atoms with Gasteiger partial charge in [-0.1, -0.05) is 36.4 Å². The van der Waals surface area contributed by atoms with Crippen molar-refractivity contribution < 1.29 is 0 Å². The van der Waals surface area contributed by atoms with E-state index in [-0.39, 0.29) is 0 Å². The number of fused-ring (bicyclic) bond motifs is 1. The van der Waals surface area contributed by atoms with Crippen LogP contribution in [0.5, 0.6) is 0 Å².